The van der Waals surface area contributed by atoms with E-state index in [0.29, 0.717) is 12.0 Å². The number of halogens is 1. The molecular weight excluding hydrogens is 352 g/mol. The number of aryl methyl sites for hydroxylation is 2. The summed E-state index contributed by atoms with van der Waals surface area (Å²) < 4.78 is 0. The summed E-state index contributed by atoms with van der Waals surface area (Å²) in [5.41, 5.74) is 11.9. The van der Waals surface area contributed by atoms with Gasteiger partial charge in [0.2, 0.25) is 0 Å². The lowest BCUT2D eigenvalue weighted by Gasteiger charge is -2.40. The van der Waals surface area contributed by atoms with E-state index in [1.807, 2.05) is 0 Å². The molecule has 146 valence electrons. The molecule has 0 bridgehead atoms. The zero-order valence-corrected chi connectivity index (χ0v) is 17.1. The number of likely N-dealkylation sites (tertiary alicyclic amines) is 1. The van der Waals surface area contributed by atoms with Crippen molar-refractivity contribution in [3.05, 3.63) is 70.8 Å². The maximum atomic E-state index is 5.74. The second-order valence-corrected chi connectivity index (χ2v) is 8.07. The van der Waals surface area contributed by atoms with Gasteiger partial charge in [-0.15, -0.1) is 12.4 Å². The first-order valence-corrected chi connectivity index (χ1v) is 10.4. The summed E-state index contributed by atoms with van der Waals surface area (Å²) in [5, 5.41) is 0. The Hall–Kier alpha value is -1.35. The van der Waals surface area contributed by atoms with Crippen LogP contribution >= 0.6 is 12.4 Å². The predicted octanol–water partition coefficient (Wildman–Crippen LogP) is 4.74. The third kappa shape index (κ3) is 4.74. The highest BCUT2D eigenvalue weighted by Crippen LogP contribution is 2.39. The minimum absolute atomic E-state index is 0. The number of nitrogens with zero attached hydrogens (tertiary/aromatic N) is 1. The zero-order chi connectivity index (χ0) is 17.8. The van der Waals surface area contributed by atoms with E-state index >= 15 is 0 Å². The average molecular weight is 385 g/mol. The van der Waals surface area contributed by atoms with Crippen LogP contribution in [0.2, 0.25) is 0 Å². The van der Waals surface area contributed by atoms with Gasteiger partial charge in [0.25, 0.3) is 0 Å². The summed E-state index contributed by atoms with van der Waals surface area (Å²) >= 11 is 0. The van der Waals surface area contributed by atoms with Crippen molar-refractivity contribution in [2.24, 2.45) is 5.73 Å². The Balaban J connectivity index is 0.00000210. The summed E-state index contributed by atoms with van der Waals surface area (Å²) in [6, 6.07) is 19.0. The molecule has 2 unspecified atom stereocenters. The topological polar surface area (TPSA) is 29.3 Å². The van der Waals surface area contributed by atoms with E-state index in [4.69, 9.17) is 5.73 Å². The molecule has 0 amide bonds. The second kappa shape index (κ2) is 9.73. The number of rotatable bonds is 6. The third-order valence-electron chi connectivity index (χ3n) is 6.36. The first kappa shape index (κ1) is 20.4. The van der Waals surface area contributed by atoms with Crippen LogP contribution in [0.5, 0.6) is 0 Å². The molecule has 0 saturated carbocycles. The first-order valence-electron chi connectivity index (χ1n) is 10.4. The second-order valence-electron chi connectivity index (χ2n) is 8.07. The van der Waals surface area contributed by atoms with E-state index in [1.165, 1.54) is 49.9 Å². The highest BCUT2D eigenvalue weighted by molar-refractivity contribution is 5.85. The maximum Gasteiger partial charge on any atom is 0.0170 e. The van der Waals surface area contributed by atoms with Crippen LogP contribution in [0, 0.1) is 0 Å². The highest BCUT2D eigenvalue weighted by Gasteiger charge is 2.34. The van der Waals surface area contributed by atoms with Crippen LogP contribution in [0.25, 0.3) is 0 Å². The van der Waals surface area contributed by atoms with E-state index in [0.717, 1.165) is 25.8 Å². The predicted molar refractivity (Wildman–Crippen MR) is 117 cm³/mol. The number of nitrogens with two attached hydrogens (primary N) is 1. The van der Waals surface area contributed by atoms with Gasteiger partial charge < -0.3 is 5.73 Å². The fourth-order valence-electron chi connectivity index (χ4n) is 5.02. The molecule has 2 aromatic carbocycles. The van der Waals surface area contributed by atoms with Gasteiger partial charge >= 0.3 is 0 Å². The van der Waals surface area contributed by atoms with Crippen LogP contribution in [0.1, 0.15) is 53.9 Å². The Kier molecular flexibility index (Phi) is 7.34. The Morgan fingerprint density at radius 1 is 0.963 bits per heavy atom. The fraction of sp³-hybridized carbons (Fsp3) is 0.500. The van der Waals surface area contributed by atoms with E-state index in [1.54, 1.807) is 11.1 Å². The molecule has 1 aliphatic heterocycles. The monoisotopic (exact) mass is 384 g/mol. The molecule has 2 atom stereocenters. The van der Waals surface area contributed by atoms with Crippen molar-refractivity contribution >= 4 is 12.4 Å². The third-order valence-corrected chi connectivity index (χ3v) is 6.36. The molecule has 1 aliphatic carbocycles. The quantitative estimate of drug-likeness (QED) is 0.779. The lowest BCUT2D eigenvalue weighted by Crippen LogP contribution is -2.41. The summed E-state index contributed by atoms with van der Waals surface area (Å²) in [4.78, 5) is 2.78. The Morgan fingerprint density at radius 2 is 1.74 bits per heavy atom. The van der Waals surface area contributed by atoms with Gasteiger partial charge in [0.05, 0.1) is 0 Å². The summed E-state index contributed by atoms with van der Waals surface area (Å²) in [7, 11) is 0. The minimum atomic E-state index is 0. The Bertz CT molecular complexity index is 710. The Morgan fingerprint density at radius 3 is 2.48 bits per heavy atom. The number of fused-ring (bicyclic) bond motifs is 1. The van der Waals surface area contributed by atoms with Crippen molar-refractivity contribution in [1.29, 1.82) is 0 Å². The minimum Gasteiger partial charge on any atom is -0.330 e. The van der Waals surface area contributed by atoms with Gasteiger partial charge in [0.15, 0.2) is 0 Å². The number of hydrogen-bond acceptors (Lipinski definition) is 2. The summed E-state index contributed by atoms with van der Waals surface area (Å²) in [6.45, 7) is 3.36. The number of hydrogen-bond donors (Lipinski definition) is 1. The van der Waals surface area contributed by atoms with Gasteiger partial charge in [-0.2, -0.15) is 0 Å². The molecule has 0 radical (unpaired) electrons. The highest BCUT2D eigenvalue weighted by atomic mass is 35.5. The molecule has 2 N–H and O–H groups in total. The molecule has 3 heteroatoms. The van der Waals surface area contributed by atoms with Crippen LogP contribution in [-0.2, 0) is 19.3 Å². The SMILES string of the molecule is Cl.NCCCc1ccc2c(c1)C(Cc1ccccc1)C(N1CCCC1)CC2. The molecule has 2 aliphatic rings. The van der Waals surface area contributed by atoms with Crippen LogP contribution in [0.3, 0.4) is 0 Å². The molecule has 1 saturated heterocycles. The van der Waals surface area contributed by atoms with Crippen LogP contribution < -0.4 is 5.73 Å². The van der Waals surface area contributed by atoms with Gasteiger partial charge in [-0.1, -0.05) is 48.5 Å². The van der Waals surface area contributed by atoms with E-state index in [-0.39, 0.29) is 12.4 Å². The average Bonchev–Trinajstić information content (AvgIpc) is 3.22. The van der Waals surface area contributed by atoms with Gasteiger partial charge in [0, 0.05) is 12.0 Å². The molecule has 1 fully saturated rings. The lowest BCUT2D eigenvalue weighted by molar-refractivity contribution is 0.188. The maximum absolute atomic E-state index is 5.74. The van der Waals surface area contributed by atoms with Crippen molar-refractivity contribution < 1.29 is 0 Å². The largest absolute Gasteiger partial charge is 0.330 e. The summed E-state index contributed by atoms with van der Waals surface area (Å²) in [5.74, 6) is 0.622. The zero-order valence-electron chi connectivity index (χ0n) is 16.3. The molecule has 0 spiro atoms. The molecule has 2 aromatic rings. The van der Waals surface area contributed by atoms with Gasteiger partial charge in [-0.25, -0.2) is 0 Å². The Labute approximate surface area is 170 Å². The van der Waals surface area contributed by atoms with E-state index < -0.39 is 0 Å². The van der Waals surface area contributed by atoms with Crippen LogP contribution in [0.15, 0.2) is 48.5 Å². The molecule has 4 rings (SSSR count). The van der Waals surface area contributed by atoms with Crippen molar-refractivity contribution in [3.63, 3.8) is 0 Å². The molecular formula is C24H33ClN2. The van der Waals surface area contributed by atoms with Crippen LogP contribution in [-0.4, -0.2) is 30.6 Å². The molecule has 0 aromatic heterocycles. The fourth-order valence-corrected chi connectivity index (χ4v) is 5.02. The molecule has 1 heterocycles. The molecule has 2 nitrogen and oxygen atoms in total. The first-order chi connectivity index (χ1) is 12.8. The van der Waals surface area contributed by atoms with Crippen molar-refractivity contribution in [1.82, 2.24) is 4.90 Å². The van der Waals surface area contributed by atoms with Gasteiger partial charge in [-0.3, -0.25) is 4.90 Å². The summed E-state index contributed by atoms with van der Waals surface area (Å²) in [6.07, 6.45) is 8.64. The van der Waals surface area contributed by atoms with E-state index in [2.05, 4.69) is 53.4 Å². The smallest absolute Gasteiger partial charge is 0.0170 e. The lowest BCUT2D eigenvalue weighted by atomic mass is 9.75. The van der Waals surface area contributed by atoms with Crippen molar-refractivity contribution in [3.8, 4) is 0 Å². The number of benzene rings is 2. The molecule has 27 heavy (non-hydrogen) atoms. The van der Waals surface area contributed by atoms with Gasteiger partial charge in [0.1, 0.15) is 0 Å². The van der Waals surface area contributed by atoms with E-state index in [9.17, 15) is 0 Å². The van der Waals surface area contributed by atoms with Crippen molar-refractivity contribution in [2.45, 2.75) is 56.9 Å². The van der Waals surface area contributed by atoms with Crippen molar-refractivity contribution in [2.75, 3.05) is 19.6 Å². The standard InChI is InChI=1S/C24H32N2.ClH/c25-14-6-9-20-10-11-21-12-13-24(26-15-4-5-16-26)23(22(21)17-20)18-19-7-2-1-3-8-19;/h1-3,7-8,10-11,17,23-24H,4-6,9,12-16,18,25H2;1H. The van der Waals surface area contributed by atoms with Gasteiger partial charge in [-0.05, 0) is 86.8 Å². The normalized spacial score (nSPS) is 22.3. The van der Waals surface area contributed by atoms with Crippen LogP contribution in [0.4, 0.5) is 0 Å².